The predicted molar refractivity (Wildman–Crippen MR) is 129 cm³/mol. The van der Waals surface area contributed by atoms with Crippen molar-refractivity contribution in [3.8, 4) is 11.8 Å². The van der Waals surface area contributed by atoms with Gasteiger partial charge >= 0.3 is 5.97 Å². The zero-order chi connectivity index (χ0) is 24.5. The number of esters is 1. The summed E-state index contributed by atoms with van der Waals surface area (Å²) in [6, 6.07) is 7.26. The summed E-state index contributed by atoms with van der Waals surface area (Å²) in [7, 11) is 2.73. The van der Waals surface area contributed by atoms with E-state index in [-0.39, 0.29) is 22.3 Å². The molecule has 1 N–H and O–H groups in total. The van der Waals surface area contributed by atoms with Crippen LogP contribution in [-0.2, 0) is 19.1 Å². The van der Waals surface area contributed by atoms with Gasteiger partial charge in [0.05, 0.1) is 41.1 Å². The van der Waals surface area contributed by atoms with Crippen molar-refractivity contribution in [2.24, 2.45) is 5.92 Å². The normalized spacial score (nSPS) is 17.8. The number of thioether (sulfide) groups is 1. The van der Waals surface area contributed by atoms with Gasteiger partial charge in [0, 0.05) is 19.0 Å². The molecule has 0 bridgehead atoms. The average Bonchev–Trinajstić information content (AvgIpc) is 2.81. The number of allylic oxidation sites excluding steroid dienone is 1. The molecular formula is C23H28BrN3O5S. The number of nitrogens with zero attached hydrogens (tertiary/aromatic N) is 2. The highest BCUT2D eigenvalue weighted by Crippen LogP contribution is 2.42. The molecule has 0 aromatic heterocycles. The second-order valence-electron chi connectivity index (χ2n) is 7.39. The number of halogens is 1. The van der Waals surface area contributed by atoms with Gasteiger partial charge in [0.25, 0.3) is 0 Å². The van der Waals surface area contributed by atoms with Crippen LogP contribution in [0.2, 0.25) is 0 Å². The van der Waals surface area contributed by atoms with E-state index in [1.165, 1.54) is 14.2 Å². The van der Waals surface area contributed by atoms with E-state index < -0.39 is 23.7 Å². The van der Waals surface area contributed by atoms with Crippen LogP contribution in [0.15, 0.2) is 33.3 Å². The average molecular weight is 538 g/mol. The molecule has 0 unspecified atom stereocenters. The van der Waals surface area contributed by atoms with E-state index in [9.17, 15) is 19.6 Å². The maximum Gasteiger partial charge on any atom is 0.319 e. The molecule has 1 aromatic rings. The Morgan fingerprint density at radius 1 is 1.24 bits per heavy atom. The van der Waals surface area contributed by atoms with Gasteiger partial charge in [-0.25, -0.2) is 0 Å². The van der Waals surface area contributed by atoms with E-state index in [2.05, 4.69) is 27.3 Å². The van der Waals surface area contributed by atoms with Crippen LogP contribution in [0.1, 0.15) is 38.2 Å². The molecule has 1 aromatic carbocycles. The van der Waals surface area contributed by atoms with Gasteiger partial charge in [0.1, 0.15) is 11.7 Å². The zero-order valence-electron chi connectivity index (χ0n) is 19.1. The Balaban J connectivity index is 2.46. The number of ether oxygens (including phenoxy) is 2. The predicted octanol–water partition coefficient (Wildman–Crippen LogP) is 3.58. The Labute approximate surface area is 206 Å². The fourth-order valence-electron chi connectivity index (χ4n) is 3.68. The van der Waals surface area contributed by atoms with Gasteiger partial charge in [0.2, 0.25) is 11.8 Å². The molecule has 0 radical (unpaired) electrons. The SMILES string of the molecule is CCCN(CCC)C(=O)CSC1=C(C#N)[C@H](c2ccc(OC)c(Br)c2)[C@H](C(=O)OC)C(=O)N1. The molecule has 33 heavy (non-hydrogen) atoms. The van der Waals surface area contributed by atoms with Gasteiger partial charge < -0.3 is 19.7 Å². The lowest BCUT2D eigenvalue weighted by Gasteiger charge is -2.31. The van der Waals surface area contributed by atoms with Crippen LogP contribution in [0.3, 0.4) is 0 Å². The molecule has 1 aliphatic rings. The number of hydrogen-bond donors (Lipinski definition) is 1. The van der Waals surface area contributed by atoms with Crippen molar-refractivity contribution in [1.82, 2.24) is 10.2 Å². The number of benzene rings is 1. The van der Waals surface area contributed by atoms with E-state index >= 15 is 0 Å². The first kappa shape index (κ1) is 26.7. The topological polar surface area (TPSA) is 109 Å². The Bertz CT molecular complexity index is 969. The molecule has 1 heterocycles. The molecule has 0 saturated carbocycles. The summed E-state index contributed by atoms with van der Waals surface area (Å²) in [5, 5.41) is 12.9. The Kier molecular flexibility index (Phi) is 10.3. The second kappa shape index (κ2) is 12.7. The first-order valence-electron chi connectivity index (χ1n) is 10.6. The molecule has 2 amide bonds. The number of carbonyl (C=O) groups is 3. The molecule has 0 saturated heterocycles. The number of nitrogens with one attached hydrogen (secondary N) is 1. The molecule has 0 spiro atoms. The molecule has 8 nitrogen and oxygen atoms in total. The molecule has 2 rings (SSSR count). The summed E-state index contributed by atoms with van der Waals surface area (Å²) in [6.45, 7) is 5.31. The van der Waals surface area contributed by atoms with Crippen LogP contribution < -0.4 is 10.1 Å². The van der Waals surface area contributed by atoms with E-state index in [1.807, 2.05) is 13.8 Å². The highest BCUT2D eigenvalue weighted by Gasteiger charge is 2.44. The monoisotopic (exact) mass is 537 g/mol. The van der Waals surface area contributed by atoms with Crippen molar-refractivity contribution in [2.75, 3.05) is 33.1 Å². The molecule has 178 valence electrons. The minimum atomic E-state index is -1.23. The van der Waals surface area contributed by atoms with Crippen molar-refractivity contribution in [1.29, 1.82) is 5.26 Å². The van der Waals surface area contributed by atoms with Crippen LogP contribution in [0.25, 0.3) is 0 Å². The second-order valence-corrected chi connectivity index (χ2v) is 9.23. The summed E-state index contributed by atoms with van der Waals surface area (Å²) in [5.41, 5.74) is 0.782. The Hall–Kier alpha value is -2.51. The summed E-state index contributed by atoms with van der Waals surface area (Å²) >= 11 is 4.52. The van der Waals surface area contributed by atoms with Gasteiger partial charge in [-0.2, -0.15) is 5.26 Å². The van der Waals surface area contributed by atoms with Gasteiger partial charge in [-0.05, 0) is 46.5 Å². The summed E-state index contributed by atoms with van der Waals surface area (Å²) in [5.74, 6) is -2.84. The van der Waals surface area contributed by atoms with E-state index in [1.54, 1.807) is 23.1 Å². The number of hydrogen-bond acceptors (Lipinski definition) is 7. The summed E-state index contributed by atoms with van der Waals surface area (Å²) in [6.07, 6.45) is 1.68. The number of carbonyl (C=O) groups excluding carboxylic acids is 3. The smallest absolute Gasteiger partial charge is 0.319 e. The highest BCUT2D eigenvalue weighted by molar-refractivity contribution is 9.10. The van der Waals surface area contributed by atoms with Crippen molar-refractivity contribution < 1.29 is 23.9 Å². The van der Waals surface area contributed by atoms with Crippen LogP contribution >= 0.6 is 27.7 Å². The van der Waals surface area contributed by atoms with E-state index in [0.29, 0.717) is 28.9 Å². The molecule has 10 heteroatoms. The quantitative estimate of drug-likeness (QED) is 0.358. The highest BCUT2D eigenvalue weighted by atomic mass is 79.9. The molecule has 2 atom stereocenters. The largest absolute Gasteiger partial charge is 0.496 e. The van der Waals surface area contributed by atoms with E-state index in [4.69, 9.17) is 9.47 Å². The van der Waals surface area contributed by atoms with E-state index in [0.717, 1.165) is 24.6 Å². The minimum Gasteiger partial charge on any atom is -0.496 e. The fraction of sp³-hybridized carbons (Fsp3) is 0.478. The lowest BCUT2D eigenvalue weighted by Crippen LogP contribution is -2.44. The molecule has 0 fully saturated rings. The Morgan fingerprint density at radius 2 is 1.91 bits per heavy atom. The molecular weight excluding hydrogens is 510 g/mol. The zero-order valence-corrected chi connectivity index (χ0v) is 21.5. The maximum atomic E-state index is 12.9. The van der Waals surface area contributed by atoms with Crippen molar-refractivity contribution in [3.63, 3.8) is 0 Å². The third kappa shape index (κ3) is 6.30. The minimum absolute atomic E-state index is 0.0680. The number of rotatable bonds is 10. The van der Waals surface area contributed by atoms with Gasteiger partial charge in [0.15, 0.2) is 0 Å². The lowest BCUT2D eigenvalue weighted by atomic mass is 9.78. The molecule has 0 aliphatic carbocycles. The van der Waals surface area contributed by atoms with Crippen molar-refractivity contribution in [2.45, 2.75) is 32.6 Å². The Morgan fingerprint density at radius 3 is 2.42 bits per heavy atom. The maximum absolute atomic E-state index is 12.9. The van der Waals surface area contributed by atoms with Crippen molar-refractivity contribution in [3.05, 3.63) is 38.8 Å². The third-order valence-corrected chi connectivity index (χ3v) is 6.82. The third-order valence-electron chi connectivity index (χ3n) is 5.20. The van der Waals surface area contributed by atoms with Gasteiger partial charge in [-0.15, -0.1) is 0 Å². The molecule has 1 aliphatic heterocycles. The standard InChI is InChI=1S/C23H28BrN3O5S/c1-5-9-27(10-6-2)18(28)13-33-22-15(12-25)19(20(21(29)26-22)23(30)32-4)14-7-8-17(31-3)16(24)11-14/h7-8,11,19-20H,5-6,9-10,13H2,1-4H3,(H,26,29)/t19-,20-/m0/s1. The number of amides is 2. The van der Waals surface area contributed by atoms with Crippen molar-refractivity contribution >= 4 is 45.5 Å². The summed E-state index contributed by atoms with van der Waals surface area (Å²) < 4.78 is 10.7. The van der Waals surface area contributed by atoms with Gasteiger partial charge in [-0.1, -0.05) is 31.7 Å². The van der Waals surface area contributed by atoms with Gasteiger partial charge in [-0.3, -0.25) is 14.4 Å². The first-order valence-corrected chi connectivity index (χ1v) is 12.4. The van der Waals surface area contributed by atoms with Crippen LogP contribution in [0.4, 0.5) is 0 Å². The van der Waals surface area contributed by atoms with Crippen LogP contribution in [-0.4, -0.2) is 55.7 Å². The number of methoxy groups -OCH3 is 2. The number of nitriles is 1. The summed E-state index contributed by atoms with van der Waals surface area (Å²) in [4.78, 5) is 40.0. The first-order chi connectivity index (χ1) is 15.8. The fourth-order valence-corrected chi connectivity index (χ4v) is 5.19. The van der Waals surface area contributed by atoms with Crippen LogP contribution in [0, 0.1) is 17.2 Å². The lowest BCUT2D eigenvalue weighted by molar-refractivity contribution is -0.150. The van der Waals surface area contributed by atoms with Crippen LogP contribution in [0.5, 0.6) is 5.75 Å².